The molecule has 1 aliphatic rings. The summed E-state index contributed by atoms with van der Waals surface area (Å²) >= 11 is 0. The summed E-state index contributed by atoms with van der Waals surface area (Å²) in [5.74, 6) is 0. The number of fused-ring (bicyclic) bond motifs is 4. The van der Waals surface area contributed by atoms with Gasteiger partial charge in [-0.2, -0.15) is 0 Å². The van der Waals surface area contributed by atoms with E-state index in [-0.39, 0.29) is 10.8 Å². The van der Waals surface area contributed by atoms with Gasteiger partial charge in [-0.05, 0) is 131 Å². The van der Waals surface area contributed by atoms with Gasteiger partial charge in [0, 0.05) is 34.6 Å². The van der Waals surface area contributed by atoms with Gasteiger partial charge >= 0.3 is 0 Å². The molecule has 0 radical (unpaired) electrons. The molecule has 2 heteroatoms. The van der Waals surface area contributed by atoms with Crippen molar-refractivity contribution in [1.82, 2.24) is 4.98 Å². The van der Waals surface area contributed by atoms with Crippen LogP contribution in [0, 0.1) is 0 Å². The first kappa shape index (κ1) is 40.9. The average molecular weight is 849 g/mol. The first-order valence-electron chi connectivity index (χ1n) is 23.1. The fourth-order valence-corrected chi connectivity index (χ4v) is 10.3. The Balaban J connectivity index is 1.19. The Hall–Kier alpha value is -7.81. The second-order valence-corrected chi connectivity index (χ2v) is 19.2. The van der Waals surface area contributed by atoms with E-state index >= 15 is 0 Å². The fourth-order valence-electron chi connectivity index (χ4n) is 10.3. The van der Waals surface area contributed by atoms with Crippen LogP contribution < -0.4 is 4.90 Å². The fraction of sp³-hybridized carbons (Fsp3) is 0.109. The molecule has 2 nitrogen and oxygen atoms in total. The Kier molecular flexibility index (Phi) is 10.1. The Labute approximate surface area is 389 Å². The van der Waals surface area contributed by atoms with Crippen molar-refractivity contribution >= 4 is 27.8 Å². The summed E-state index contributed by atoms with van der Waals surface area (Å²) in [6.45, 7) is 11.8. The van der Waals surface area contributed by atoms with Crippen LogP contribution in [0.15, 0.2) is 225 Å². The molecule has 0 bridgehead atoms. The highest BCUT2D eigenvalue weighted by Gasteiger charge is 2.40. The smallest absolute Gasteiger partial charge is 0.0549 e. The van der Waals surface area contributed by atoms with E-state index in [1.807, 2.05) is 12.4 Å². The number of rotatable bonds is 8. The van der Waals surface area contributed by atoms with E-state index in [0.29, 0.717) is 0 Å². The molecule has 1 aromatic heterocycles. The van der Waals surface area contributed by atoms with Crippen molar-refractivity contribution in [2.24, 2.45) is 0 Å². The van der Waals surface area contributed by atoms with Gasteiger partial charge in [0.1, 0.15) is 0 Å². The van der Waals surface area contributed by atoms with Gasteiger partial charge in [-0.25, -0.2) is 0 Å². The third kappa shape index (κ3) is 7.11. The zero-order chi connectivity index (χ0) is 45.0. The maximum Gasteiger partial charge on any atom is 0.0549 e. The predicted octanol–water partition coefficient (Wildman–Crippen LogP) is 17.6. The minimum Gasteiger partial charge on any atom is -0.309 e. The standard InChI is InChI=1S/C64H52N2/c1-63(2,3)49-32-35-57-56(42-49)62-58(64(57,4)5)40-48(43-18-8-6-9-19-43)41-60(62)66(59-29-15-14-26-55(59)54-25-13-12-24-51(54)44-20-10-7-11-21-44)50-33-30-45(31-34-50)52-27-16-22-47-23-17-28-53(61(47)52)46-36-38-65-39-37-46/h6-42H,1-5H3. The summed E-state index contributed by atoms with van der Waals surface area (Å²) in [4.78, 5) is 6.88. The van der Waals surface area contributed by atoms with Crippen molar-refractivity contribution in [2.45, 2.75) is 45.4 Å². The number of aromatic nitrogens is 1. The van der Waals surface area contributed by atoms with Crippen molar-refractivity contribution in [3.05, 3.63) is 241 Å². The van der Waals surface area contributed by atoms with E-state index in [4.69, 9.17) is 0 Å². The van der Waals surface area contributed by atoms with E-state index in [1.165, 1.54) is 77.5 Å². The van der Waals surface area contributed by atoms with Crippen molar-refractivity contribution in [1.29, 1.82) is 0 Å². The predicted molar refractivity (Wildman–Crippen MR) is 280 cm³/mol. The molecule has 1 heterocycles. The van der Waals surface area contributed by atoms with Crippen molar-refractivity contribution in [2.75, 3.05) is 4.90 Å². The van der Waals surface area contributed by atoms with Crippen LogP contribution in [0.3, 0.4) is 0 Å². The lowest BCUT2D eigenvalue weighted by Gasteiger charge is -2.32. The molecule has 0 unspecified atom stereocenters. The lowest BCUT2D eigenvalue weighted by Crippen LogP contribution is -2.17. The molecule has 0 fully saturated rings. The number of hydrogen-bond donors (Lipinski definition) is 0. The van der Waals surface area contributed by atoms with Crippen LogP contribution >= 0.6 is 0 Å². The van der Waals surface area contributed by atoms with E-state index in [1.54, 1.807) is 0 Å². The summed E-state index contributed by atoms with van der Waals surface area (Å²) in [5, 5.41) is 2.45. The lowest BCUT2D eigenvalue weighted by atomic mass is 9.80. The van der Waals surface area contributed by atoms with Gasteiger partial charge in [0.05, 0.1) is 11.4 Å². The zero-order valence-electron chi connectivity index (χ0n) is 38.3. The summed E-state index contributed by atoms with van der Waals surface area (Å²) in [6.07, 6.45) is 3.76. The minimum atomic E-state index is -0.240. The van der Waals surface area contributed by atoms with Gasteiger partial charge in [0.25, 0.3) is 0 Å². The van der Waals surface area contributed by atoms with E-state index in [9.17, 15) is 0 Å². The highest BCUT2D eigenvalue weighted by Crippen LogP contribution is 2.57. The largest absolute Gasteiger partial charge is 0.309 e. The summed E-state index contributed by atoms with van der Waals surface area (Å²) in [5.41, 5.74) is 21.6. The quantitative estimate of drug-likeness (QED) is 0.151. The molecule has 66 heavy (non-hydrogen) atoms. The molecule has 0 saturated carbocycles. The van der Waals surface area contributed by atoms with E-state index < -0.39 is 0 Å². The molecule has 0 N–H and O–H groups in total. The molecule has 1 aliphatic carbocycles. The second-order valence-electron chi connectivity index (χ2n) is 19.2. The summed E-state index contributed by atoms with van der Waals surface area (Å²) < 4.78 is 0. The molecule has 9 aromatic carbocycles. The van der Waals surface area contributed by atoms with Crippen LogP contribution in [0.5, 0.6) is 0 Å². The lowest BCUT2D eigenvalue weighted by molar-refractivity contribution is 0.589. The molecule has 0 aliphatic heterocycles. The molecule has 0 atom stereocenters. The van der Waals surface area contributed by atoms with Gasteiger partial charge in [-0.15, -0.1) is 0 Å². The molecule has 0 spiro atoms. The van der Waals surface area contributed by atoms with Gasteiger partial charge in [-0.3, -0.25) is 4.98 Å². The topological polar surface area (TPSA) is 16.1 Å². The zero-order valence-corrected chi connectivity index (χ0v) is 38.3. The molecule has 318 valence electrons. The number of pyridine rings is 1. The van der Waals surface area contributed by atoms with Gasteiger partial charge in [0.2, 0.25) is 0 Å². The van der Waals surface area contributed by atoms with Gasteiger partial charge in [0.15, 0.2) is 0 Å². The monoisotopic (exact) mass is 848 g/mol. The van der Waals surface area contributed by atoms with Crippen LogP contribution in [0.25, 0.3) is 77.5 Å². The van der Waals surface area contributed by atoms with Crippen LogP contribution in [0.4, 0.5) is 17.1 Å². The average Bonchev–Trinajstić information content (AvgIpc) is 3.59. The highest BCUT2D eigenvalue weighted by molar-refractivity contribution is 6.07. The number of anilines is 3. The van der Waals surface area contributed by atoms with Crippen LogP contribution in [-0.2, 0) is 10.8 Å². The Bertz CT molecular complexity index is 3390. The third-order valence-electron chi connectivity index (χ3n) is 13.7. The SMILES string of the molecule is CC(C)(C)c1ccc2c(c1)-c1c(N(c3ccc(-c4cccc5cccc(-c6ccncc6)c45)cc3)c3ccccc3-c3ccccc3-c3ccccc3)cc(-c3ccccc3)cc1C2(C)C. The van der Waals surface area contributed by atoms with Crippen LogP contribution in [-0.4, -0.2) is 4.98 Å². The van der Waals surface area contributed by atoms with Crippen LogP contribution in [0.1, 0.15) is 51.3 Å². The first-order chi connectivity index (χ1) is 32.1. The summed E-state index contributed by atoms with van der Waals surface area (Å²) in [6, 6.07) is 78.4. The number of hydrogen-bond acceptors (Lipinski definition) is 2. The van der Waals surface area contributed by atoms with Crippen molar-refractivity contribution < 1.29 is 0 Å². The van der Waals surface area contributed by atoms with Crippen LogP contribution in [0.2, 0.25) is 0 Å². The highest BCUT2D eigenvalue weighted by atomic mass is 15.1. The number of para-hydroxylation sites is 1. The normalized spacial score (nSPS) is 12.7. The number of nitrogens with zero attached hydrogens (tertiary/aromatic N) is 2. The van der Waals surface area contributed by atoms with Gasteiger partial charge in [-0.1, -0.05) is 204 Å². The summed E-state index contributed by atoms with van der Waals surface area (Å²) in [7, 11) is 0. The first-order valence-corrected chi connectivity index (χ1v) is 23.1. The maximum absolute atomic E-state index is 4.33. The van der Waals surface area contributed by atoms with Gasteiger partial charge < -0.3 is 4.90 Å². The molecule has 11 rings (SSSR count). The molecule has 0 saturated heterocycles. The Morgan fingerprint density at radius 1 is 0.394 bits per heavy atom. The van der Waals surface area contributed by atoms with Crippen molar-refractivity contribution in [3.63, 3.8) is 0 Å². The number of benzene rings is 9. The Morgan fingerprint density at radius 2 is 0.955 bits per heavy atom. The molecular weight excluding hydrogens is 797 g/mol. The third-order valence-corrected chi connectivity index (χ3v) is 13.7. The second kappa shape index (κ2) is 16.3. The Morgan fingerprint density at radius 3 is 1.62 bits per heavy atom. The molecular formula is C64H52N2. The van der Waals surface area contributed by atoms with E-state index in [0.717, 1.165) is 33.8 Å². The maximum atomic E-state index is 4.33. The molecule has 0 amide bonds. The van der Waals surface area contributed by atoms with E-state index in [2.05, 4.69) is 257 Å². The minimum absolute atomic E-state index is 0.0196. The molecule has 10 aromatic rings. The van der Waals surface area contributed by atoms with Crippen molar-refractivity contribution in [3.8, 4) is 66.8 Å².